The molecule has 0 spiro atoms. The molecule has 0 saturated carbocycles. The van der Waals surface area contributed by atoms with E-state index in [1.54, 1.807) is 0 Å². The van der Waals surface area contributed by atoms with Crippen LogP contribution in [0, 0.1) is 6.92 Å². The van der Waals surface area contributed by atoms with Crippen LogP contribution in [0.15, 0.2) is 60.7 Å². The Bertz CT molecular complexity index is 873. The van der Waals surface area contributed by atoms with Crippen LogP contribution in [-0.2, 0) is 11.3 Å². The molecule has 0 heterocycles. The summed E-state index contributed by atoms with van der Waals surface area (Å²) in [5.74, 6) is 0.555. The molecule has 4 heteroatoms. The van der Waals surface area contributed by atoms with Gasteiger partial charge in [-0.3, -0.25) is 4.79 Å². The van der Waals surface area contributed by atoms with Crippen LogP contribution in [-0.4, -0.2) is 19.6 Å². The summed E-state index contributed by atoms with van der Waals surface area (Å²) in [4.78, 5) is 12.2. The molecule has 4 nitrogen and oxygen atoms in total. The molecular formula is C21H22N2O2. The maximum atomic E-state index is 12.2. The third-order valence-electron chi connectivity index (χ3n) is 4.05. The molecule has 0 aliphatic rings. The number of fused-ring (bicyclic) bond motifs is 1. The Morgan fingerprint density at radius 1 is 1.00 bits per heavy atom. The lowest BCUT2D eigenvalue weighted by Crippen LogP contribution is -2.21. The second-order valence-corrected chi connectivity index (χ2v) is 6.00. The van der Waals surface area contributed by atoms with Gasteiger partial charge in [0.1, 0.15) is 5.75 Å². The highest BCUT2D eigenvalue weighted by Gasteiger charge is 2.10. The van der Waals surface area contributed by atoms with Crippen LogP contribution in [0.1, 0.15) is 11.1 Å². The number of benzene rings is 3. The molecule has 25 heavy (non-hydrogen) atoms. The first-order chi connectivity index (χ1) is 12.2. The van der Waals surface area contributed by atoms with Gasteiger partial charge < -0.3 is 15.4 Å². The van der Waals surface area contributed by atoms with Gasteiger partial charge in [0, 0.05) is 17.8 Å². The van der Waals surface area contributed by atoms with Crippen molar-refractivity contribution in [3.05, 3.63) is 71.8 Å². The van der Waals surface area contributed by atoms with E-state index in [9.17, 15) is 4.79 Å². The van der Waals surface area contributed by atoms with Crippen LogP contribution in [0.5, 0.6) is 5.75 Å². The van der Waals surface area contributed by atoms with Crippen molar-refractivity contribution in [2.45, 2.75) is 13.5 Å². The second kappa shape index (κ2) is 7.81. The SMILES string of the molecule is CNCc1c(OCC(=O)Nc2ccc(C)cc2)ccc2ccccc12. The zero-order valence-electron chi connectivity index (χ0n) is 14.5. The average molecular weight is 334 g/mol. The zero-order chi connectivity index (χ0) is 17.6. The molecule has 2 N–H and O–H groups in total. The lowest BCUT2D eigenvalue weighted by molar-refractivity contribution is -0.118. The van der Waals surface area contributed by atoms with E-state index >= 15 is 0 Å². The molecule has 128 valence electrons. The van der Waals surface area contributed by atoms with E-state index in [1.165, 1.54) is 0 Å². The Kier molecular flexibility index (Phi) is 5.31. The van der Waals surface area contributed by atoms with Crippen LogP contribution in [0.25, 0.3) is 10.8 Å². The fourth-order valence-electron chi connectivity index (χ4n) is 2.79. The third kappa shape index (κ3) is 4.17. The normalized spacial score (nSPS) is 10.6. The van der Waals surface area contributed by atoms with Gasteiger partial charge in [-0.05, 0) is 42.9 Å². The van der Waals surface area contributed by atoms with Gasteiger partial charge in [-0.2, -0.15) is 0 Å². The van der Waals surface area contributed by atoms with Crippen LogP contribution in [0.3, 0.4) is 0 Å². The Morgan fingerprint density at radius 2 is 1.76 bits per heavy atom. The fourth-order valence-corrected chi connectivity index (χ4v) is 2.79. The van der Waals surface area contributed by atoms with Crippen molar-refractivity contribution in [2.75, 3.05) is 19.0 Å². The van der Waals surface area contributed by atoms with Crippen LogP contribution < -0.4 is 15.4 Å². The highest BCUT2D eigenvalue weighted by atomic mass is 16.5. The molecular weight excluding hydrogens is 312 g/mol. The molecule has 0 radical (unpaired) electrons. The van der Waals surface area contributed by atoms with E-state index in [0.29, 0.717) is 6.54 Å². The van der Waals surface area contributed by atoms with Gasteiger partial charge in [0.05, 0.1) is 0 Å². The number of hydrogen-bond donors (Lipinski definition) is 2. The molecule has 3 rings (SSSR count). The summed E-state index contributed by atoms with van der Waals surface area (Å²) >= 11 is 0. The first-order valence-electron chi connectivity index (χ1n) is 8.32. The summed E-state index contributed by atoms with van der Waals surface area (Å²) in [6.07, 6.45) is 0. The summed E-state index contributed by atoms with van der Waals surface area (Å²) in [6.45, 7) is 2.66. The Hall–Kier alpha value is -2.85. The number of anilines is 1. The number of aryl methyl sites for hydroxylation is 1. The summed E-state index contributed by atoms with van der Waals surface area (Å²) in [5, 5.41) is 8.31. The number of carbonyl (C=O) groups excluding carboxylic acids is 1. The predicted molar refractivity (Wildman–Crippen MR) is 102 cm³/mol. The highest BCUT2D eigenvalue weighted by molar-refractivity contribution is 5.92. The van der Waals surface area contributed by atoms with Gasteiger partial charge in [-0.25, -0.2) is 0 Å². The maximum absolute atomic E-state index is 12.2. The molecule has 0 aliphatic heterocycles. The molecule has 1 amide bonds. The predicted octanol–water partition coefficient (Wildman–Crippen LogP) is 3.89. The molecule has 3 aromatic rings. The number of ether oxygens (including phenoxy) is 1. The topological polar surface area (TPSA) is 50.4 Å². The van der Waals surface area contributed by atoms with Crippen molar-refractivity contribution in [1.82, 2.24) is 5.32 Å². The molecule has 0 saturated heterocycles. The lowest BCUT2D eigenvalue weighted by atomic mass is 10.0. The molecule has 0 aliphatic carbocycles. The van der Waals surface area contributed by atoms with Gasteiger partial charge in [0.25, 0.3) is 5.91 Å². The summed E-state index contributed by atoms with van der Waals surface area (Å²) in [6, 6.07) is 19.8. The van der Waals surface area contributed by atoms with E-state index in [4.69, 9.17) is 4.74 Å². The fraction of sp³-hybridized carbons (Fsp3) is 0.190. The van der Waals surface area contributed by atoms with Crippen molar-refractivity contribution in [3.63, 3.8) is 0 Å². The number of rotatable bonds is 6. The monoisotopic (exact) mass is 334 g/mol. The molecule has 0 fully saturated rings. The van der Waals surface area contributed by atoms with E-state index < -0.39 is 0 Å². The second-order valence-electron chi connectivity index (χ2n) is 6.00. The summed E-state index contributed by atoms with van der Waals surface area (Å²) in [5.41, 5.74) is 2.99. The average Bonchev–Trinajstić information content (AvgIpc) is 2.63. The minimum Gasteiger partial charge on any atom is -0.483 e. The van der Waals surface area contributed by atoms with Gasteiger partial charge in [-0.1, -0.05) is 48.0 Å². The van der Waals surface area contributed by atoms with Crippen LogP contribution >= 0.6 is 0 Å². The van der Waals surface area contributed by atoms with Crippen molar-refractivity contribution in [1.29, 1.82) is 0 Å². The van der Waals surface area contributed by atoms with Crippen molar-refractivity contribution in [2.24, 2.45) is 0 Å². The lowest BCUT2D eigenvalue weighted by Gasteiger charge is -2.14. The van der Waals surface area contributed by atoms with Gasteiger partial charge in [-0.15, -0.1) is 0 Å². The minimum atomic E-state index is -0.174. The highest BCUT2D eigenvalue weighted by Crippen LogP contribution is 2.28. The maximum Gasteiger partial charge on any atom is 0.262 e. The molecule has 0 atom stereocenters. The number of amides is 1. The molecule has 0 unspecified atom stereocenters. The molecule has 0 aromatic heterocycles. The van der Waals surface area contributed by atoms with E-state index in [0.717, 1.165) is 33.3 Å². The quantitative estimate of drug-likeness (QED) is 0.719. The zero-order valence-corrected chi connectivity index (χ0v) is 14.5. The van der Waals surface area contributed by atoms with E-state index in [-0.39, 0.29) is 12.5 Å². The van der Waals surface area contributed by atoms with Gasteiger partial charge in [0.15, 0.2) is 6.61 Å². The Balaban J connectivity index is 1.72. The molecule has 0 bridgehead atoms. The van der Waals surface area contributed by atoms with Gasteiger partial charge >= 0.3 is 0 Å². The number of hydrogen-bond acceptors (Lipinski definition) is 3. The summed E-state index contributed by atoms with van der Waals surface area (Å²) < 4.78 is 5.80. The summed E-state index contributed by atoms with van der Waals surface area (Å²) in [7, 11) is 1.90. The Labute approximate surface area is 147 Å². The number of carbonyl (C=O) groups is 1. The third-order valence-corrected chi connectivity index (χ3v) is 4.05. The van der Waals surface area contributed by atoms with Crippen molar-refractivity contribution >= 4 is 22.4 Å². The Morgan fingerprint density at radius 3 is 2.52 bits per heavy atom. The van der Waals surface area contributed by atoms with Crippen molar-refractivity contribution in [3.8, 4) is 5.75 Å². The van der Waals surface area contributed by atoms with Crippen molar-refractivity contribution < 1.29 is 9.53 Å². The van der Waals surface area contributed by atoms with E-state index in [1.807, 2.05) is 62.5 Å². The minimum absolute atomic E-state index is 0.0249. The molecule has 3 aromatic carbocycles. The standard InChI is InChI=1S/C21H22N2O2/c1-15-7-10-17(11-8-15)23-21(24)14-25-20-12-9-16-5-3-4-6-18(16)19(20)13-22-2/h3-12,22H,13-14H2,1-2H3,(H,23,24). The van der Waals surface area contributed by atoms with Crippen LogP contribution in [0.4, 0.5) is 5.69 Å². The van der Waals surface area contributed by atoms with Gasteiger partial charge in [0.2, 0.25) is 0 Å². The largest absolute Gasteiger partial charge is 0.483 e. The van der Waals surface area contributed by atoms with E-state index in [2.05, 4.69) is 22.8 Å². The smallest absolute Gasteiger partial charge is 0.262 e. The first-order valence-corrected chi connectivity index (χ1v) is 8.32. The first kappa shape index (κ1) is 17.0. The number of nitrogens with one attached hydrogen (secondary N) is 2. The van der Waals surface area contributed by atoms with Crippen LogP contribution in [0.2, 0.25) is 0 Å².